The van der Waals surface area contributed by atoms with E-state index in [0.717, 1.165) is 24.7 Å². The summed E-state index contributed by atoms with van der Waals surface area (Å²) in [7, 11) is -1.38. The van der Waals surface area contributed by atoms with Crippen molar-refractivity contribution in [1.82, 2.24) is 14.9 Å². The van der Waals surface area contributed by atoms with E-state index >= 15 is 0 Å². The first kappa shape index (κ1) is 24.5. The molecule has 0 aromatic heterocycles. The van der Waals surface area contributed by atoms with Crippen LogP contribution in [0.15, 0.2) is 40.2 Å². The van der Waals surface area contributed by atoms with Crippen LogP contribution in [0.4, 0.5) is 0 Å². The lowest BCUT2D eigenvalue weighted by molar-refractivity contribution is 0.424. The lowest BCUT2D eigenvalue weighted by Gasteiger charge is -2.18. The van der Waals surface area contributed by atoms with E-state index in [1.165, 1.54) is 15.5 Å². The van der Waals surface area contributed by atoms with Gasteiger partial charge in [-0.25, -0.2) is 12.7 Å². The van der Waals surface area contributed by atoms with E-state index in [9.17, 15) is 8.42 Å². The fourth-order valence-corrected chi connectivity index (χ4v) is 3.82. The highest BCUT2D eigenvalue weighted by Gasteiger charge is 2.13. The predicted molar refractivity (Wildman–Crippen MR) is 119 cm³/mol. The van der Waals surface area contributed by atoms with Crippen LogP contribution in [0.3, 0.4) is 0 Å². The number of hydrogen-bond acceptors (Lipinski definition) is 4. The summed E-state index contributed by atoms with van der Waals surface area (Å²) in [5, 5.41) is 6.47. The zero-order valence-electron chi connectivity index (χ0n) is 15.1. The van der Waals surface area contributed by atoms with Gasteiger partial charge in [0.1, 0.15) is 0 Å². The van der Waals surface area contributed by atoms with Crippen molar-refractivity contribution < 1.29 is 8.42 Å². The molecular formula is C16H29IN4O2S2. The number of sulfonamides is 1. The molecule has 25 heavy (non-hydrogen) atoms. The molecular weight excluding hydrogens is 471 g/mol. The Balaban J connectivity index is 0.00000576. The fourth-order valence-electron chi connectivity index (χ4n) is 2.10. The third-order valence-corrected chi connectivity index (χ3v) is 5.72. The summed E-state index contributed by atoms with van der Waals surface area (Å²) < 4.78 is 24.5. The summed E-state index contributed by atoms with van der Waals surface area (Å²) in [6.07, 6.45) is 1.98. The summed E-state index contributed by atoms with van der Waals surface area (Å²) in [6.45, 7) is 4.35. The standard InChI is InChI=1S/C16H28N4O2S2.HI/c1-4-20(24(3,21)22)13-8-11-18-16(17-2)19-12-14-23-15-9-6-5-7-10-15;/h5-7,9-10H,4,8,11-14H2,1-3H3,(H2,17,18,19);1H. The Morgan fingerprint density at radius 3 is 2.40 bits per heavy atom. The van der Waals surface area contributed by atoms with Crippen LogP contribution in [0.25, 0.3) is 0 Å². The minimum atomic E-state index is -3.11. The topological polar surface area (TPSA) is 73.8 Å². The number of benzene rings is 1. The molecule has 0 atom stereocenters. The van der Waals surface area contributed by atoms with Crippen LogP contribution in [0.1, 0.15) is 13.3 Å². The van der Waals surface area contributed by atoms with Crippen LogP contribution in [0.5, 0.6) is 0 Å². The summed E-state index contributed by atoms with van der Waals surface area (Å²) in [5.74, 6) is 1.69. The van der Waals surface area contributed by atoms with Gasteiger partial charge in [-0.3, -0.25) is 4.99 Å². The van der Waals surface area contributed by atoms with Gasteiger partial charge in [0.2, 0.25) is 10.0 Å². The molecule has 0 unspecified atom stereocenters. The average Bonchev–Trinajstić information content (AvgIpc) is 2.56. The van der Waals surface area contributed by atoms with Gasteiger partial charge >= 0.3 is 0 Å². The Labute approximate surface area is 173 Å². The van der Waals surface area contributed by atoms with Crippen molar-refractivity contribution >= 4 is 51.7 Å². The number of nitrogens with one attached hydrogen (secondary N) is 2. The average molecular weight is 500 g/mol. The van der Waals surface area contributed by atoms with Crippen LogP contribution in [-0.4, -0.2) is 63.9 Å². The zero-order chi connectivity index (χ0) is 17.8. The van der Waals surface area contributed by atoms with Gasteiger partial charge in [-0.1, -0.05) is 25.1 Å². The monoisotopic (exact) mass is 500 g/mol. The molecule has 144 valence electrons. The maximum absolute atomic E-state index is 11.5. The summed E-state index contributed by atoms with van der Waals surface area (Å²) >= 11 is 1.79. The van der Waals surface area contributed by atoms with Crippen molar-refractivity contribution in [3.05, 3.63) is 30.3 Å². The van der Waals surface area contributed by atoms with Crippen LogP contribution in [0, 0.1) is 0 Å². The fraction of sp³-hybridized carbons (Fsp3) is 0.562. The third kappa shape index (κ3) is 10.9. The largest absolute Gasteiger partial charge is 0.356 e. The van der Waals surface area contributed by atoms with E-state index in [1.54, 1.807) is 18.8 Å². The first-order valence-electron chi connectivity index (χ1n) is 8.05. The van der Waals surface area contributed by atoms with Gasteiger partial charge in [0, 0.05) is 43.9 Å². The van der Waals surface area contributed by atoms with Gasteiger partial charge < -0.3 is 10.6 Å². The Bertz CT molecular complexity index is 597. The van der Waals surface area contributed by atoms with Gasteiger partial charge in [0.25, 0.3) is 0 Å². The second-order valence-corrected chi connectivity index (χ2v) is 8.35. The van der Waals surface area contributed by atoms with Crippen molar-refractivity contribution in [2.24, 2.45) is 4.99 Å². The van der Waals surface area contributed by atoms with E-state index in [2.05, 4.69) is 27.8 Å². The highest BCUT2D eigenvalue weighted by molar-refractivity contribution is 14.0. The number of hydrogen-bond donors (Lipinski definition) is 2. The molecule has 0 saturated carbocycles. The van der Waals surface area contributed by atoms with Crippen LogP contribution in [0.2, 0.25) is 0 Å². The first-order valence-corrected chi connectivity index (χ1v) is 10.9. The van der Waals surface area contributed by atoms with Crippen LogP contribution in [-0.2, 0) is 10.0 Å². The number of thioether (sulfide) groups is 1. The molecule has 1 aromatic rings. The molecule has 0 saturated heterocycles. The van der Waals surface area contributed by atoms with Crippen molar-refractivity contribution in [1.29, 1.82) is 0 Å². The molecule has 0 fully saturated rings. The first-order chi connectivity index (χ1) is 11.5. The molecule has 0 bridgehead atoms. The highest BCUT2D eigenvalue weighted by atomic mass is 127. The Morgan fingerprint density at radius 2 is 1.84 bits per heavy atom. The van der Waals surface area contributed by atoms with Crippen molar-refractivity contribution in [3.8, 4) is 0 Å². The summed E-state index contributed by atoms with van der Waals surface area (Å²) in [5.41, 5.74) is 0. The van der Waals surface area contributed by atoms with Gasteiger partial charge in [-0.2, -0.15) is 0 Å². The molecule has 0 aliphatic heterocycles. The minimum Gasteiger partial charge on any atom is -0.356 e. The molecule has 2 N–H and O–H groups in total. The van der Waals surface area contributed by atoms with Gasteiger partial charge in [0.05, 0.1) is 6.26 Å². The maximum atomic E-state index is 11.5. The summed E-state index contributed by atoms with van der Waals surface area (Å²) in [4.78, 5) is 5.42. The number of guanidine groups is 1. The smallest absolute Gasteiger partial charge is 0.211 e. The Kier molecular flexibility index (Phi) is 13.4. The molecule has 1 aromatic carbocycles. The molecule has 6 nitrogen and oxygen atoms in total. The summed E-state index contributed by atoms with van der Waals surface area (Å²) in [6, 6.07) is 10.3. The molecule has 1 rings (SSSR count). The third-order valence-electron chi connectivity index (χ3n) is 3.33. The normalized spacial score (nSPS) is 11.9. The lowest BCUT2D eigenvalue weighted by Crippen LogP contribution is -2.40. The Morgan fingerprint density at radius 1 is 1.20 bits per heavy atom. The molecule has 0 aliphatic rings. The molecule has 0 radical (unpaired) electrons. The highest BCUT2D eigenvalue weighted by Crippen LogP contribution is 2.15. The van der Waals surface area contributed by atoms with E-state index in [4.69, 9.17) is 0 Å². The van der Waals surface area contributed by atoms with Crippen molar-refractivity contribution in [2.75, 3.05) is 45.2 Å². The van der Waals surface area contributed by atoms with E-state index < -0.39 is 10.0 Å². The SMILES string of the molecule is CCN(CCCNC(=NC)NCCSc1ccccc1)S(C)(=O)=O.I. The molecule has 0 heterocycles. The quantitative estimate of drug-likeness (QED) is 0.170. The number of nitrogens with zero attached hydrogens (tertiary/aromatic N) is 2. The lowest BCUT2D eigenvalue weighted by atomic mass is 10.4. The number of halogens is 1. The van der Waals surface area contributed by atoms with E-state index in [-0.39, 0.29) is 24.0 Å². The van der Waals surface area contributed by atoms with Crippen LogP contribution >= 0.6 is 35.7 Å². The number of aliphatic imine (C=N–C) groups is 1. The molecule has 9 heteroatoms. The van der Waals surface area contributed by atoms with Gasteiger partial charge in [-0.15, -0.1) is 35.7 Å². The molecule has 0 amide bonds. The molecule has 0 aliphatic carbocycles. The second-order valence-electron chi connectivity index (χ2n) is 5.20. The maximum Gasteiger partial charge on any atom is 0.211 e. The van der Waals surface area contributed by atoms with Gasteiger partial charge in [-0.05, 0) is 18.6 Å². The Hall–Kier alpha value is -0.520. The second kappa shape index (κ2) is 13.7. The predicted octanol–water partition coefficient (Wildman–Crippen LogP) is 2.23. The minimum absolute atomic E-state index is 0. The van der Waals surface area contributed by atoms with E-state index in [0.29, 0.717) is 19.6 Å². The molecule has 0 spiro atoms. The number of rotatable bonds is 10. The van der Waals surface area contributed by atoms with Crippen LogP contribution < -0.4 is 10.6 Å². The van der Waals surface area contributed by atoms with Gasteiger partial charge in [0.15, 0.2) is 5.96 Å². The van der Waals surface area contributed by atoms with E-state index in [1.807, 2.05) is 25.1 Å². The zero-order valence-corrected chi connectivity index (χ0v) is 19.0. The van der Waals surface area contributed by atoms with Crippen molar-refractivity contribution in [3.63, 3.8) is 0 Å². The van der Waals surface area contributed by atoms with Crippen molar-refractivity contribution in [2.45, 2.75) is 18.2 Å².